The molecule has 26 heavy (non-hydrogen) atoms. The molecule has 0 aliphatic carbocycles. The molecular formula is C20H22N2O3S. The summed E-state index contributed by atoms with van der Waals surface area (Å²) in [5, 5.41) is 0. The summed E-state index contributed by atoms with van der Waals surface area (Å²) in [5.41, 5.74) is 6.01. The van der Waals surface area contributed by atoms with Gasteiger partial charge in [0.25, 0.3) is 10.0 Å². The minimum atomic E-state index is -3.69. The molecule has 6 heteroatoms. The second kappa shape index (κ2) is 5.84. The van der Waals surface area contributed by atoms with E-state index in [4.69, 9.17) is 0 Å². The number of amides is 1. The number of nitrogens with one attached hydrogen (secondary N) is 1. The Labute approximate surface area is 154 Å². The van der Waals surface area contributed by atoms with E-state index in [-0.39, 0.29) is 5.91 Å². The van der Waals surface area contributed by atoms with Crippen molar-refractivity contribution in [1.29, 1.82) is 0 Å². The zero-order valence-corrected chi connectivity index (χ0v) is 16.0. The number of benzene rings is 2. The Morgan fingerprint density at radius 1 is 1.00 bits per heavy atom. The van der Waals surface area contributed by atoms with Crippen LogP contribution in [0.2, 0.25) is 0 Å². The van der Waals surface area contributed by atoms with Gasteiger partial charge in [0.1, 0.15) is 0 Å². The maximum atomic E-state index is 13.0. The standard InChI is InChI=1S/C20H22N2O3S/c1-12-7-13(2)20(14(3)8-12)26(24,25)21-17-9-15-5-4-6-22-18(23)11-16(10-17)19(15)22/h7-10,21H,4-6,11H2,1-3H3. The van der Waals surface area contributed by atoms with Crippen molar-refractivity contribution in [2.24, 2.45) is 0 Å². The number of hydrogen-bond donors (Lipinski definition) is 1. The minimum Gasteiger partial charge on any atom is -0.312 e. The van der Waals surface area contributed by atoms with Crippen LogP contribution in [0, 0.1) is 20.8 Å². The normalized spacial score (nSPS) is 16.0. The number of aryl methyl sites for hydroxylation is 4. The zero-order chi connectivity index (χ0) is 18.6. The van der Waals surface area contributed by atoms with E-state index in [1.807, 2.05) is 43.9 Å². The van der Waals surface area contributed by atoms with Crippen molar-refractivity contribution in [1.82, 2.24) is 0 Å². The molecule has 5 nitrogen and oxygen atoms in total. The molecule has 0 unspecified atom stereocenters. The second-order valence-corrected chi connectivity index (χ2v) is 8.92. The highest BCUT2D eigenvalue weighted by Crippen LogP contribution is 2.39. The first-order valence-corrected chi connectivity index (χ1v) is 10.3. The Balaban J connectivity index is 1.75. The second-order valence-electron chi connectivity index (χ2n) is 7.30. The van der Waals surface area contributed by atoms with Crippen molar-refractivity contribution in [2.75, 3.05) is 16.2 Å². The van der Waals surface area contributed by atoms with E-state index < -0.39 is 10.0 Å². The minimum absolute atomic E-state index is 0.103. The fraction of sp³-hybridized carbons (Fsp3) is 0.350. The summed E-state index contributed by atoms with van der Waals surface area (Å²) in [6, 6.07) is 7.44. The molecule has 2 aromatic carbocycles. The number of nitrogens with zero attached hydrogens (tertiary/aromatic N) is 1. The molecule has 2 aliphatic rings. The predicted octanol–water partition coefficient (Wildman–Crippen LogP) is 3.25. The fourth-order valence-corrected chi connectivity index (χ4v) is 5.83. The van der Waals surface area contributed by atoms with E-state index in [1.54, 1.807) is 6.07 Å². The molecule has 0 aromatic heterocycles. The third-order valence-electron chi connectivity index (χ3n) is 5.13. The first-order valence-electron chi connectivity index (χ1n) is 8.83. The SMILES string of the molecule is Cc1cc(C)c(S(=O)(=O)Nc2cc3c4c(c2)CC(=O)N4CCC3)c(C)c1. The number of carbonyl (C=O) groups excluding carboxylic acids is 1. The van der Waals surface area contributed by atoms with Crippen molar-refractivity contribution in [3.8, 4) is 0 Å². The Kier molecular flexibility index (Phi) is 3.84. The average Bonchev–Trinajstić information content (AvgIpc) is 2.83. The number of anilines is 2. The third-order valence-corrected chi connectivity index (χ3v) is 6.82. The maximum absolute atomic E-state index is 13.0. The Morgan fingerprint density at radius 2 is 1.65 bits per heavy atom. The molecule has 136 valence electrons. The van der Waals surface area contributed by atoms with Crippen LogP contribution >= 0.6 is 0 Å². The highest BCUT2D eigenvalue weighted by Gasteiger charge is 2.33. The first kappa shape index (κ1) is 17.1. The highest BCUT2D eigenvalue weighted by atomic mass is 32.2. The highest BCUT2D eigenvalue weighted by molar-refractivity contribution is 7.92. The molecule has 0 saturated heterocycles. The Hall–Kier alpha value is -2.34. The van der Waals surface area contributed by atoms with Crippen LogP contribution in [0.5, 0.6) is 0 Å². The lowest BCUT2D eigenvalue weighted by Crippen LogP contribution is -2.31. The lowest BCUT2D eigenvalue weighted by Gasteiger charge is -2.26. The average molecular weight is 370 g/mol. The fourth-order valence-electron chi connectivity index (χ4n) is 4.33. The van der Waals surface area contributed by atoms with Crippen LogP contribution in [0.15, 0.2) is 29.2 Å². The molecule has 0 bridgehead atoms. The molecule has 2 aromatic rings. The van der Waals surface area contributed by atoms with Gasteiger partial charge in [-0.3, -0.25) is 9.52 Å². The van der Waals surface area contributed by atoms with Crippen molar-refractivity contribution in [2.45, 2.75) is 44.9 Å². The summed E-state index contributed by atoms with van der Waals surface area (Å²) in [6.07, 6.45) is 2.12. The first-order chi connectivity index (χ1) is 12.3. The largest absolute Gasteiger partial charge is 0.312 e. The van der Waals surface area contributed by atoms with Crippen LogP contribution in [-0.2, 0) is 27.7 Å². The van der Waals surface area contributed by atoms with Crippen molar-refractivity contribution >= 4 is 27.3 Å². The van der Waals surface area contributed by atoms with Crippen molar-refractivity contribution < 1.29 is 13.2 Å². The quantitative estimate of drug-likeness (QED) is 0.902. The molecule has 0 spiro atoms. The van der Waals surface area contributed by atoms with Crippen molar-refractivity contribution in [3.63, 3.8) is 0 Å². The van der Waals surface area contributed by atoms with Gasteiger partial charge in [0.15, 0.2) is 0 Å². The molecular weight excluding hydrogens is 348 g/mol. The van der Waals surface area contributed by atoms with Gasteiger partial charge in [-0.05, 0) is 68.0 Å². The molecule has 0 fully saturated rings. The van der Waals surface area contributed by atoms with Gasteiger partial charge in [0.2, 0.25) is 5.91 Å². The van der Waals surface area contributed by atoms with Gasteiger partial charge in [-0.1, -0.05) is 17.7 Å². The molecule has 1 N–H and O–H groups in total. The van der Waals surface area contributed by atoms with E-state index in [2.05, 4.69) is 4.72 Å². The Morgan fingerprint density at radius 3 is 2.35 bits per heavy atom. The van der Waals surface area contributed by atoms with Gasteiger partial charge in [-0.15, -0.1) is 0 Å². The molecule has 0 atom stereocenters. The lowest BCUT2D eigenvalue weighted by atomic mass is 9.99. The molecule has 4 rings (SSSR count). The summed E-state index contributed by atoms with van der Waals surface area (Å²) in [7, 11) is -3.69. The summed E-state index contributed by atoms with van der Waals surface area (Å²) >= 11 is 0. The molecule has 2 aliphatic heterocycles. The van der Waals surface area contributed by atoms with Gasteiger partial charge in [-0.25, -0.2) is 8.42 Å². The van der Waals surface area contributed by atoms with Gasteiger partial charge in [-0.2, -0.15) is 0 Å². The monoisotopic (exact) mass is 370 g/mol. The molecule has 1 amide bonds. The van der Waals surface area contributed by atoms with E-state index in [0.29, 0.717) is 17.0 Å². The zero-order valence-electron chi connectivity index (χ0n) is 15.2. The van der Waals surface area contributed by atoms with Crippen LogP contribution in [0.1, 0.15) is 34.2 Å². The summed E-state index contributed by atoms with van der Waals surface area (Å²) in [5.74, 6) is 0.103. The number of sulfonamides is 1. The van der Waals surface area contributed by atoms with E-state index in [0.717, 1.165) is 52.9 Å². The summed E-state index contributed by atoms with van der Waals surface area (Å²) in [4.78, 5) is 14.3. The van der Waals surface area contributed by atoms with Crippen LogP contribution < -0.4 is 9.62 Å². The Bertz CT molecular complexity index is 1020. The topological polar surface area (TPSA) is 66.5 Å². The van der Waals surface area contributed by atoms with Crippen LogP contribution in [0.3, 0.4) is 0 Å². The van der Waals surface area contributed by atoms with E-state index in [9.17, 15) is 13.2 Å². The van der Waals surface area contributed by atoms with Gasteiger partial charge >= 0.3 is 0 Å². The smallest absolute Gasteiger partial charge is 0.262 e. The van der Waals surface area contributed by atoms with Gasteiger partial charge < -0.3 is 4.90 Å². The summed E-state index contributed by atoms with van der Waals surface area (Å²) < 4.78 is 28.8. The van der Waals surface area contributed by atoms with Crippen LogP contribution in [0.25, 0.3) is 0 Å². The molecule has 0 saturated carbocycles. The molecule has 2 heterocycles. The summed E-state index contributed by atoms with van der Waals surface area (Å²) in [6.45, 7) is 6.35. The van der Waals surface area contributed by atoms with Gasteiger partial charge in [0, 0.05) is 12.2 Å². The van der Waals surface area contributed by atoms with Crippen LogP contribution in [-0.4, -0.2) is 20.9 Å². The van der Waals surface area contributed by atoms with E-state index in [1.165, 1.54) is 0 Å². The van der Waals surface area contributed by atoms with Gasteiger partial charge in [0.05, 0.1) is 17.0 Å². The number of hydrogen-bond acceptors (Lipinski definition) is 3. The number of carbonyl (C=O) groups is 1. The lowest BCUT2D eigenvalue weighted by molar-refractivity contribution is -0.117. The van der Waals surface area contributed by atoms with Crippen molar-refractivity contribution in [3.05, 3.63) is 52.1 Å². The maximum Gasteiger partial charge on any atom is 0.262 e. The van der Waals surface area contributed by atoms with E-state index >= 15 is 0 Å². The molecule has 0 radical (unpaired) electrons. The van der Waals surface area contributed by atoms with Crippen LogP contribution in [0.4, 0.5) is 11.4 Å². The predicted molar refractivity (Wildman–Crippen MR) is 102 cm³/mol. The third kappa shape index (κ3) is 2.69. The number of rotatable bonds is 3.